The van der Waals surface area contributed by atoms with Crippen LogP contribution in [0.3, 0.4) is 0 Å². The van der Waals surface area contributed by atoms with Crippen molar-refractivity contribution < 1.29 is 22.0 Å². The second-order valence-corrected chi connectivity index (χ2v) is 4.39. The zero-order chi connectivity index (χ0) is 11.6. The van der Waals surface area contributed by atoms with Gasteiger partial charge in [0, 0.05) is 13.0 Å². The lowest BCUT2D eigenvalue weighted by atomic mass is 10.3. The van der Waals surface area contributed by atoms with Crippen LogP contribution in [0.25, 0.3) is 0 Å². The highest BCUT2D eigenvalue weighted by molar-refractivity contribution is 7.90. The Balaban J connectivity index is 3.22. The zero-order valence-corrected chi connectivity index (χ0v) is 8.44. The maximum absolute atomic E-state index is 13.0. The van der Waals surface area contributed by atoms with Crippen molar-refractivity contribution >= 4 is 15.9 Å². The van der Waals surface area contributed by atoms with Gasteiger partial charge in [-0.25, -0.2) is 21.9 Å². The Kier molecular flexibility index (Phi) is 3.04. The van der Waals surface area contributed by atoms with Gasteiger partial charge in [0.25, 0.3) is 10.0 Å². The van der Waals surface area contributed by atoms with Crippen LogP contribution in [0.5, 0.6) is 0 Å². The van der Waals surface area contributed by atoms with Crippen molar-refractivity contribution in [3.05, 3.63) is 29.8 Å². The van der Waals surface area contributed by atoms with Gasteiger partial charge in [-0.05, 0) is 12.1 Å². The summed E-state index contributed by atoms with van der Waals surface area (Å²) in [5.74, 6) is -2.99. The molecule has 0 heterocycles. The molecular weight excluding hydrogens is 228 g/mol. The van der Waals surface area contributed by atoms with Crippen LogP contribution >= 0.6 is 0 Å². The molecule has 0 aliphatic heterocycles. The van der Waals surface area contributed by atoms with Gasteiger partial charge in [0.2, 0.25) is 5.91 Å². The highest BCUT2D eigenvalue weighted by Crippen LogP contribution is 2.14. The topological polar surface area (TPSA) is 63.2 Å². The van der Waals surface area contributed by atoms with Gasteiger partial charge < -0.3 is 0 Å². The third-order valence-electron chi connectivity index (χ3n) is 1.46. The molecule has 0 saturated heterocycles. The summed E-state index contributed by atoms with van der Waals surface area (Å²) in [5.41, 5.74) is 0. The predicted molar refractivity (Wildman–Crippen MR) is 47.4 cm³/mol. The van der Waals surface area contributed by atoms with Gasteiger partial charge in [-0.15, -0.1) is 0 Å². The van der Waals surface area contributed by atoms with Crippen LogP contribution in [0.2, 0.25) is 0 Å². The summed E-state index contributed by atoms with van der Waals surface area (Å²) >= 11 is 0. The van der Waals surface area contributed by atoms with Crippen molar-refractivity contribution in [3.63, 3.8) is 0 Å². The first kappa shape index (κ1) is 11.6. The molecule has 0 radical (unpaired) electrons. The molecule has 7 heteroatoms. The van der Waals surface area contributed by atoms with Crippen LogP contribution in [0.4, 0.5) is 8.78 Å². The van der Waals surface area contributed by atoms with Crippen LogP contribution in [-0.4, -0.2) is 14.3 Å². The summed E-state index contributed by atoms with van der Waals surface area (Å²) in [4.78, 5) is 9.76. The first-order valence-electron chi connectivity index (χ1n) is 3.81. The highest BCUT2D eigenvalue weighted by Gasteiger charge is 2.20. The molecule has 0 unspecified atom stereocenters. The van der Waals surface area contributed by atoms with E-state index in [1.54, 1.807) is 4.72 Å². The van der Waals surface area contributed by atoms with Crippen molar-refractivity contribution in [3.8, 4) is 0 Å². The largest absolute Gasteiger partial charge is 0.274 e. The van der Waals surface area contributed by atoms with Crippen molar-refractivity contribution in [1.29, 1.82) is 0 Å². The molecule has 15 heavy (non-hydrogen) atoms. The third-order valence-corrected chi connectivity index (χ3v) is 2.93. The lowest BCUT2D eigenvalue weighted by Gasteiger charge is -2.05. The molecule has 0 aliphatic rings. The molecule has 0 spiro atoms. The van der Waals surface area contributed by atoms with Crippen molar-refractivity contribution in [1.82, 2.24) is 4.72 Å². The summed E-state index contributed by atoms with van der Waals surface area (Å²) < 4.78 is 49.6. The average Bonchev–Trinajstić information content (AvgIpc) is 1.99. The summed E-state index contributed by atoms with van der Waals surface area (Å²) in [6, 6.07) is 1.96. The number of nitrogens with one attached hydrogen (secondary N) is 1. The molecule has 4 nitrogen and oxygen atoms in total. The molecule has 1 aromatic rings. The molecule has 0 aromatic heterocycles. The second-order valence-electron chi connectivity index (χ2n) is 2.74. The lowest BCUT2D eigenvalue weighted by Crippen LogP contribution is -2.28. The van der Waals surface area contributed by atoms with Crippen LogP contribution < -0.4 is 4.72 Å². The van der Waals surface area contributed by atoms with Gasteiger partial charge >= 0.3 is 0 Å². The van der Waals surface area contributed by atoms with E-state index in [0.29, 0.717) is 6.07 Å². The average molecular weight is 235 g/mol. The Hall–Kier alpha value is -1.50. The Morgan fingerprint density at radius 1 is 1.33 bits per heavy atom. The third kappa shape index (κ3) is 2.72. The predicted octanol–water partition coefficient (Wildman–Crippen LogP) is 0.790. The van der Waals surface area contributed by atoms with E-state index in [-0.39, 0.29) is 0 Å². The highest BCUT2D eigenvalue weighted by atomic mass is 32.2. The molecule has 1 rings (SSSR count). The maximum Gasteiger partial charge on any atom is 0.266 e. The molecule has 0 atom stereocenters. The number of halogens is 2. The lowest BCUT2D eigenvalue weighted by molar-refractivity contribution is -0.117. The Labute approximate surface area is 85.0 Å². The van der Waals surface area contributed by atoms with Crippen molar-refractivity contribution in [2.45, 2.75) is 11.8 Å². The van der Waals surface area contributed by atoms with Gasteiger partial charge in [0.05, 0.1) is 0 Å². The molecule has 1 amide bonds. The monoisotopic (exact) mass is 235 g/mol. The zero-order valence-electron chi connectivity index (χ0n) is 7.62. The SMILES string of the molecule is CC(=O)NS(=O)(=O)c1ccc(F)cc1F. The van der Waals surface area contributed by atoms with E-state index in [4.69, 9.17) is 0 Å². The number of carbonyl (C=O) groups is 1. The number of rotatable bonds is 2. The van der Waals surface area contributed by atoms with Gasteiger partial charge in [0.15, 0.2) is 0 Å². The van der Waals surface area contributed by atoms with Gasteiger partial charge in [0.1, 0.15) is 16.5 Å². The summed E-state index contributed by atoms with van der Waals surface area (Å²) in [5, 5.41) is 0. The first-order chi connectivity index (χ1) is 6.83. The van der Waals surface area contributed by atoms with Crippen LogP contribution in [0.1, 0.15) is 6.92 Å². The molecule has 1 N–H and O–H groups in total. The van der Waals surface area contributed by atoms with E-state index in [9.17, 15) is 22.0 Å². The maximum atomic E-state index is 13.0. The van der Waals surface area contributed by atoms with E-state index in [1.165, 1.54) is 0 Å². The minimum absolute atomic E-state index is 0.425. The van der Waals surface area contributed by atoms with Crippen LogP contribution in [-0.2, 0) is 14.8 Å². The number of sulfonamides is 1. The Bertz CT molecular complexity index is 499. The van der Waals surface area contributed by atoms with E-state index in [2.05, 4.69) is 0 Å². The standard InChI is InChI=1S/C8H7F2NO3S/c1-5(12)11-15(13,14)8-3-2-6(9)4-7(8)10/h2-4H,1H3,(H,11,12). The fourth-order valence-electron chi connectivity index (χ4n) is 0.937. The number of hydrogen-bond acceptors (Lipinski definition) is 3. The van der Waals surface area contributed by atoms with Crippen molar-refractivity contribution in [2.75, 3.05) is 0 Å². The minimum Gasteiger partial charge on any atom is -0.274 e. The van der Waals surface area contributed by atoms with Crippen LogP contribution in [0, 0.1) is 11.6 Å². The van der Waals surface area contributed by atoms with Crippen LogP contribution in [0.15, 0.2) is 23.1 Å². The van der Waals surface area contributed by atoms with Gasteiger partial charge in [-0.1, -0.05) is 0 Å². The first-order valence-corrected chi connectivity index (χ1v) is 5.29. The molecule has 82 valence electrons. The molecule has 1 aromatic carbocycles. The molecule has 0 aliphatic carbocycles. The van der Waals surface area contributed by atoms with E-state index in [0.717, 1.165) is 19.1 Å². The molecule has 0 bridgehead atoms. The minimum atomic E-state index is -4.25. The Morgan fingerprint density at radius 2 is 1.93 bits per heavy atom. The normalized spacial score (nSPS) is 11.1. The van der Waals surface area contributed by atoms with Gasteiger partial charge in [-0.3, -0.25) is 4.79 Å². The number of amides is 1. The smallest absolute Gasteiger partial charge is 0.266 e. The number of benzene rings is 1. The summed E-state index contributed by atoms with van der Waals surface area (Å²) in [6.45, 7) is 0.971. The van der Waals surface area contributed by atoms with E-state index in [1.807, 2.05) is 0 Å². The van der Waals surface area contributed by atoms with Crippen molar-refractivity contribution in [2.24, 2.45) is 0 Å². The molecule has 0 saturated carbocycles. The summed E-state index contributed by atoms with van der Waals surface area (Å²) in [6.07, 6.45) is 0. The number of carbonyl (C=O) groups excluding carboxylic acids is 1. The second kappa shape index (κ2) is 3.93. The fraction of sp³-hybridized carbons (Fsp3) is 0.125. The summed E-state index contributed by atoms with van der Waals surface area (Å²) in [7, 11) is -4.25. The number of hydrogen-bond donors (Lipinski definition) is 1. The quantitative estimate of drug-likeness (QED) is 0.824. The van der Waals surface area contributed by atoms with Gasteiger partial charge in [-0.2, -0.15) is 0 Å². The van der Waals surface area contributed by atoms with E-state index < -0.39 is 32.5 Å². The molecule has 0 fully saturated rings. The van der Waals surface area contributed by atoms with E-state index >= 15 is 0 Å². The fourth-order valence-corrected chi connectivity index (χ4v) is 1.99. The molecular formula is C8H7F2NO3S. The Morgan fingerprint density at radius 3 is 2.40 bits per heavy atom.